The number of hydrogen-bond donors (Lipinski definition) is 1. The number of nitrogens with one attached hydrogen (secondary N) is 1. The Morgan fingerprint density at radius 2 is 1.90 bits per heavy atom. The van der Waals surface area contributed by atoms with Gasteiger partial charge in [-0.1, -0.05) is 36.8 Å². The summed E-state index contributed by atoms with van der Waals surface area (Å²) in [5, 5.41) is 3.08. The molecule has 2 rings (SSSR count). The van der Waals surface area contributed by atoms with Gasteiger partial charge in [0, 0.05) is 5.56 Å². The summed E-state index contributed by atoms with van der Waals surface area (Å²) in [5.41, 5.74) is 2.86. The lowest BCUT2D eigenvalue weighted by Gasteiger charge is -2.18. The van der Waals surface area contributed by atoms with E-state index < -0.39 is 0 Å². The first-order valence-electron chi connectivity index (χ1n) is 7.15. The van der Waals surface area contributed by atoms with Gasteiger partial charge in [-0.05, 0) is 43.2 Å². The molecular formula is C18H21NO2. The Balaban J connectivity index is 2.12. The molecule has 0 radical (unpaired) electrons. The van der Waals surface area contributed by atoms with Crippen LogP contribution in [-0.2, 0) is 0 Å². The first-order chi connectivity index (χ1) is 10.1. The fourth-order valence-electron chi connectivity index (χ4n) is 2.29. The molecule has 2 aromatic carbocycles. The summed E-state index contributed by atoms with van der Waals surface area (Å²) in [6.45, 7) is 4.04. The lowest BCUT2D eigenvalue weighted by Crippen LogP contribution is -2.28. The number of amides is 1. The van der Waals surface area contributed by atoms with E-state index in [1.54, 1.807) is 7.11 Å². The molecule has 3 heteroatoms. The Labute approximate surface area is 126 Å². The molecule has 0 bridgehead atoms. The number of hydrogen-bond acceptors (Lipinski definition) is 2. The zero-order chi connectivity index (χ0) is 15.2. The molecule has 110 valence electrons. The average Bonchev–Trinajstić information content (AvgIpc) is 2.52. The number of carbonyl (C=O) groups excluding carboxylic acids is 1. The van der Waals surface area contributed by atoms with Crippen molar-refractivity contribution in [3.63, 3.8) is 0 Å². The molecule has 21 heavy (non-hydrogen) atoms. The van der Waals surface area contributed by atoms with Gasteiger partial charge in [0.25, 0.3) is 5.91 Å². The summed E-state index contributed by atoms with van der Waals surface area (Å²) in [5.74, 6) is 0.778. The highest BCUT2D eigenvalue weighted by Gasteiger charge is 2.14. The Kier molecular flexibility index (Phi) is 4.99. The quantitative estimate of drug-likeness (QED) is 0.904. The highest BCUT2D eigenvalue weighted by Crippen LogP contribution is 2.20. The monoisotopic (exact) mass is 283 g/mol. The van der Waals surface area contributed by atoms with Gasteiger partial charge in [-0.25, -0.2) is 0 Å². The van der Waals surface area contributed by atoms with E-state index in [1.165, 1.54) is 0 Å². The normalized spacial score (nSPS) is 11.8. The minimum absolute atomic E-state index is 0.00363. The smallest absolute Gasteiger partial charge is 0.251 e. The highest BCUT2D eigenvalue weighted by molar-refractivity contribution is 5.94. The van der Waals surface area contributed by atoms with Gasteiger partial charge >= 0.3 is 0 Å². The summed E-state index contributed by atoms with van der Waals surface area (Å²) in [4.78, 5) is 12.3. The summed E-state index contributed by atoms with van der Waals surface area (Å²) in [6.07, 6.45) is 0.837. The van der Waals surface area contributed by atoms with Crippen LogP contribution in [0.3, 0.4) is 0 Å². The van der Waals surface area contributed by atoms with Gasteiger partial charge in [0.15, 0.2) is 0 Å². The van der Waals surface area contributed by atoms with Crippen molar-refractivity contribution < 1.29 is 9.53 Å². The van der Waals surface area contributed by atoms with Crippen molar-refractivity contribution in [3.8, 4) is 5.75 Å². The topological polar surface area (TPSA) is 38.3 Å². The molecule has 1 atom stereocenters. The van der Waals surface area contributed by atoms with Crippen LogP contribution in [0.5, 0.6) is 5.75 Å². The SMILES string of the molecule is CC[C@H](NC(=O)c1cccc(C)c1)c1ccc(OC)cc1. The van der Waals surface area contributed by atoms with E-state index in [1.807, 2.05) is 55.5 Å². The molecule has 3 nitrogen and oxygen atoms in total. The van der Waals surface area contributed by atoms with E-state index in [0.717, 1.165) is 23.3 Å². The van der Waals surface area contributed by atoms with Crippen LogP contribution in [0.15, 0.2) is 48.5 Å². The maximum atomic E-state index is 12.3. The van der Waals surface area contributed by atoms with Crippen LogP contribution >= 0.6 is 0 Å². The van der Waals surface area contributed by atoms with Crippen molar-refractivity contribution in [2.24, 2.45) is 0 Å². The summed E-state index contributed by atoms with van der Waals surface area (Å²) < 4.78 is 5.16. The minimum atomic E-state index is -0.0404. The Hall–Kier alpha value is -2.29. The molecule has 0 aliphatic heterocycles. The van der Waals surface area contributed by atoms with Crippen LogP contribution in [0.4, 0.5) is 0 Å². The Morgan fingerprint density at radius 3 is 2.48 bits per heavy atom. The molecule has 0 aromatic heterocycles. The third kappa shape index (κ3) is 3.85. The second kappa shape index (κ2) is 6.93. The van der Waals surface area contributed by atoms with Crippen LogP contribution in [0.25, 0.3) is 0 Å². The molecule has 2 aromatic rings. The van der Waals surface area contributed by atoms with Crippen LogP contribution in [0.1, 0.15) is 40.9 Å². The van der Waals surface area contributed by atoms with Gasteiger partial charge in [-0.3, -0.25) is 4.79 Å². The van der Waals surface area contributed by atoms with Crippen LogP contribution in [0.2, 0.25) is 0 Å². The van der Waals surface area contributed by atoms with Crippen molar-refractivity contribution in [1.82, 2.24) is 5.32 Å². The second-order valence-corrected chi connectivity index (χ2v) is 5.08. The highest BCUT2D eigenvalue weighted by atomic mass is 16.5. The summed E-state index contributed by atoms with van der Waals surface area (Å²) in [7, 11) is 1.64. The average molecular weight is 283 g/mol. The zero-order valence-electron chi connectivity index (χ0n) is 12.7. The zero-order valence-corrected chi connectivity index (χ0v) is 12.7. The van der Waals surface area contributed by atoms with Crippen LogP contribution < -0.4 is 10.1 Å². The predicted molar refractivity (Wildman–Crippen MR) is 84.7 cm³/mol. The molecule has 1 N–H and O–H groups in total. The summed E-state index contributed by atoms with van der Waals surface area (Å²) >= 11 is 0. The van der Waals surface area contributed by atoms with Crippen molar-refractivity contribution >= 4 is 5.91 Å². The summed E-state index contributed by atoms with van der Waals surface area (Å²) in [6, 6.07) is 15.4. The van der Waals surface area contributed by atoms with E-state index in [2.05, 4.69) is 12.2 Å². The molecule has 1 amide bonds. The Morgan fingerprint density at radius 1 is 1.19 bits per heavy atom. The maximum Gasteiger partial charge on any atom is 0.251 e. The molecule has 0 saturated carbocycles. The van der Waals surface area contributed by atoms with E-state index in [9.17, 15) is 4.79 Å². The number of rotatable bonds is 5. The maximum absolute atomic E-state index is 12.3. The van der Waals surface area contributed by atoms with Gasteiger partial charge < -0.3 is 10.1 Å². The number of carbonyl (C=O) groups is 1. The van der Waals surface area contributed by atoms with E-state index in [4.69, 9.17) is 4.74 Å². The molecular weight excluding hydrogens is 262 g/mol. The van der Waals surface area contributed by atoms with Gasteiger partial charge in [0.2, 0.25) is 0 Å². The molecule has 0 heterocycles. The molecule has 0 saturated heterocycles. The van der Waals surface area contributed by atoms with Crippen molar-refractivity contribution in [2.75, 3.05) is 7.11 Å². The van der Waals surface area contributed by atoms with Gasteiger partial charge in [0.05, 0.1) is 13.2 Å². The lowest BCUT2D eigenvalue weighted by atomic mass is 10.0. The van der Waals surface area contributed by atoms with Crippen molar-refractivity contribution in [1.29, 1.82) is 0 Å². The predicted octanol–water partition coefficient (Wildman–Crippen LogP) is 3.88. The first kappa shape index (κ1) is 15.1. The lowest BCUT2D eigenvalue weighted by molar-refractivity contribution is 0.0935. The number of benzene rings is 2. The van der Waals surface area contributed by atoms with E-state index >= 15 is 0 Å². The van der Waals surface area contributed by atoms with Crippen molar-refractivity contribution in [3.05, 3.63) is 65.2 Å². The van der Waals surface area contributed by atoms with Gasteiger partial charge in [-0.2, -0.15) is 0 Å². The fraction of sp³-hybridized carbons (Fsp3) is 0.278. The minimum Gasteiger partial charge on any atom is -0.497 e. The molecule has 0 unspecified atom stereocenters. The second-order valence-electron chi connectivity index (χ2n) is 5.08. The largest absolute Gasteiger partial charge is 0.497 e. The van der Waals surface area contributed by atoms with Crippen molar-refractivity contribution in [2.45, 2.75) is 26.3 Å². The number of ether oxygens (including phenoxy) is 1. The fourth-order valence-corrected chi connectivity index (χ4v) is 2.29. The third-order valence-corrected chi connectivity index (χ3v) is 3.51. The molecule has 0 aliphatic carbocycles. The van der Waals surface area contributed by atoms with E-state index in [-0.39, 0.29) is 11.9 Å². The number of aryl methyl sites for hydroxylation is 1. The molecule has 0 aliphatic rings. The standard InChI is InChI=1S/C18H21NO2/c1-4-17(14-8-10-16(21-3)11-9-14)19-18(20)15-7-5-6-13(2)12-15/h5-12,17H,4H2,1-3H3,(H,19,20)/t17-/m0/s1. The van der Waals surface area contributed by atoms with E-state index in [0.29, 0.717) is 5.56 Å². The van der Waals surface area contributed by atoms with Crippen LogP contribution in [0, 0.1) is 6.92 Å². The third-order valence-electron chi connectivity index (χ3n) is 3.51. The van der Waals surface area contributed by atoms with Gasteiger partial charge in [-0.15, -0.1) is 0 Å². The first-order valence-corrected chi connectivity index (χ1v) is 7.15. The van der Waals surface area contributed by atoms with Gasteiger partial charge in [0.1, 0.15) is 5.75 Å². The molecule has 0 spiro atoms. The molecule has 0 fully saturated rings. The Bertz CT molecular complexity index is 605. The number of methoxy groups -OCH3 is 1. The van der Waals surface area contributed by atoms with Crippen LogP contribution in [-0.4, -0.2) is 13.0 Å².